The molecule has 0 spiro atoms. The SMILES string of the molecule is C[C@@H]1COCc2cc(c3nnn(C)c3c2)Nc2ccc3ncc(n3c2)C(=O)N1. The van der Waals surface area contributed by atoms with E-state index in [1.807, 2.05) is 44.4 Å². The molecule has 142 valence electrons. The largest absolute Gasteiger partial charge is 0.375 e. The molecule has 1 atom stereocenters. The predicted molar refractivity (Wildman–Crippen MR) is 104 cm³/mol. The third-order valence-electron chi connectivity index (χ3n) is 4.81. The van der Waals surface area contributed by atoms with Gasteiger partial charge in [0.05, 0.1) is 36.3 Å². The Balaban J connectivity index is 1.68. The van der Waals surface area contributed by atoms with E-state index in [1.165, 1.54) is 0 Å². The summed E-state index contributed by atoms with van der Waals surface area (Å²) >= 11 is 0. The summed E-state index contributed by atoms with van der Waals surface area (Å²) in [5.41, 5.74) is 5.51. The molecule has 1 aliphatic rings. The van der Waals surface area contributed by atoms with Crippen LogP contribution in [0.3, 0.4) is 0 Å². The Morgan fingerprint density at radius 1 is 1.29 bits per heavy atom. The molecule has 4 bridgehead atoms. The maximum Gasteiger partial charge on any atom is 0.270 e. The van der Waals surface area contributed by atoms with Crippen molar-refractivity contribution in [3.8, 4) is 0 Å². The number of nitrogens with one attached hydrogen (secondary N) is 2. The number of carbonyl (C=O) groups is 1. The number of anilines is 2. The summed E-state index contributed by atoms with van der Waals surface area (Å²) in [4.78, 5) is 17.0. The van der Waals surface area contributed by atoms with Crippen LogP contribution >= 0.6 is 0 Å². The standard InChI is InChI=1S/C19H19N7O2/c1-11-9-28-10-12-5-14(18-15(6-12)25(2)24-23-18)22-13-3-4-17-20-7-16(19(27)21-11)26(17)8-13/h3-8,11,22H,9-10H2,1-2H3,(H,21,27)/t11-/m1/s1. The number of ether oxygens (including phenoxy) is 1. The van der Waals surface area contributed by atoms with Crippen molar-refractivity contribution in [1.29, 1.82) is 0 Å². The smallest absolute Gasteiger partial charge is 0.270 e. The lowest BCUT2D eigenvalue weighted by molar-refractivity contribution is 0.0816. The van der Waals surface area contributed by atoms with Crippen molar-refractivity contribution in [2.45, 2.75) is 19.6 Å². The molecule has 1 aliphatic heterocycles. The molecule has 0 aliphatic carbocycles. The molecule has 0 unspecified atom stereocenters. The molecule has 1 aromatic carbocycles. The van der Waals surface area contributed by atoms with Gasteiger partial charge in [-0.05, 0) is 36.8 Å². The van der Waals surface area contributed by atoms with Crippen LogP contribution < -0.4 is 10.6 Å². The summed E-state index contributed by atoms with van der Waals surface area (Å²) in [5, 5.41) is 14.8. The molecule has 1 amide bonds. The van der Waals surface area contributed by atoms with Gasteiger partial charge in [0.1, 0.15) is 16.9 Å². The number of rotatable bonds is 0. The first kappa shape index (κ1) is 16.7. The Morgan fingerprint density at radius 2 is 2.18 bits per heavy atom. The van der Waals surface area contributed by atoms with Crippen molar-refractivity contribution in [3.63, 3.8) is 0 Å². The summed E-state index contributed by atoms with van der Waals surface area (Å²) in [6, 6.07) is 7.70. The number of imidazole rings is 1. The maximum absolute atomic E-state index is 12.6. The molecule has 5 rings (SSSR count). The van der Waals surface area contributed by atoms with Gasteiger partial charge in [-0.2, -0.15) is 0 Å². The Labute approximate surface area is 160 Å². The average molecular weight is 377 g/mol. The van der Waals surface area contributed by atoms with Crippen molar-refractivity contribution < 1.29 is 9.53 Å². The predicted octanol–water partition coefficient (Wildman–Crippen LogP) is 2.01. The van der Waals surface area contributed by atoms with E-state index in [2.05, 4.69) is 25.9 Å². The minimum atomic E-state index is -0.187. The molecule has 0 saturated heterocycles. The fraction of sp³-hybridized carbons (Fsp3) is 0.263. The molecule has 4 aromatic rings. The molecule has 9 heteroatoms. The van der Waals surface area contributed by atoms with Gasteiger partial charge >= 0.3 is 0 Å². The van der Waals surface area contributed by atoms with Crippen LogP contribution in [0.4, 0.5) is 11.4 Å². The van der Waals surface area contributed by atoms with Crippen LogP contribution in [0.25, 0.3) is 16.7 Å². The van der Waals surface area contributed by atoms with Gasteiger partial charge in [0, 0.05) is 19.3 Å². The quantitative estimate of drug-likeness (QED) is 0.486. The van der Waals surface area contributed by atoms with Gasteiger partial charge in [0.15, 0.2) is 0 Å². The second-order valence-electron chi connectivity index (χ2n) is 7.03. The minimum Gasteiger partial charge on any atom is -0.375 e. The summed E-state index contributed by atoms with van der Waals surface area (Å²) in [5.74, 6) is -0.187. The number of benzene rings is 1. The van der Waals surface area contributed by atoms with E-state index < -0.39 is 0 Å². The summed E-state index contributed by atoms with van der Waals surface area (Å²) in [7, 11) is 1.86. The van der Waals surface area contributed by atoms with Crippen molar-refractivity contribution >= 4 is 34.0 Å². The summed E-state index contributed by atoms with van der Waals surface area (Å²) in [6.45, 7) is 2.74. The Bertz CT molecular complexity index is 1210. The number of hydrogen-bond acceptors (Lipinski definition) is 6. The van der Waals surface area contributed by atoms with Crippen LogP contribution in [0.1, 0.15) is 23.0 Å². The van der Waals surface area contributed by atoms with Crippen LogP contribution in [0, 0.1) is 0 Å². The normalized spacial score (nSPS) is 17.5. The monoisotopic (exact) mass is 377 g/mol. The van der Waals surface area contributed by atoms with Crippen molar-refractivity contribution in [3.05, 3.63) is 47.9 Å². The number of aromatic nitrogens is 5. The molecular formula is C19H19N7O2. The van der Waals surface area contributed by atoms with Gasteiger partial charge in [0.25, 0.3) is 5.91 Å². The second-order valence-corrected chi connectivity index (χ2v) is 7.03. The van der Waals surface area contributed by atoms with E-state index in [4.69, 9.17) is 4.74 Å². The highest BCUT2D eigenvalue weighted by atomic mass is 16.5. The van der Waals surface area contributed by atoms with Crippen LogP contribution in [-0.2, 0) is 18.4 Å². The number of fused-ring (bicyclic) bond motifs is 5. The topological polar surface area (TPSA) is 98.4 Å². The highest BCUT2D eigenvalue weighted by Gasteiger charge is 2.17. The van der Waals surface area contributed by atoms with Gasteiger partial charge in [0.2, 0.25) is 0 Å². The number of pyridine rings is 1. The molecule has 0 radical (unpaired) electrons. The zero-order valence-corrected chi connectivity index (χ0v) is 15.5. The zero-order chi connectivity index (χ0) is 19.3. The molecule has 28 heavy (non-hydrogen) atoms. The van der Waals surface area contributed by atoms with Gasteiger partial charge in [-0.25, -0.2) is 9.67 Å². The van der Waals surface area contributed by atoms with E-state index >= 15 is 0 Å². The Kier molecular flexibility index (Phi) is 3.76. The van der Waals surface area contributed by atoms with Crippen LogP contribution in [0.15, 0.2) is 36.7 Å². The number of aryl methyl sites for hydroxylation is 1. The second kappa shape index (κ2) is 6.31. The fourth-order valence-electron chi connectivity index (χ4n) is 3.44. The number of carbonyl (C=O) groups excluding carboxylic acids is 1. The number of hydrogen-bond donors (Lipinski definition) is 2. The van der Waals surface area contributed by atoms with Crippen molar-refractivity contribution in [2.75, 3.05) is 11.9 Å². The van der Waals surface area contributed by atoms with Crippen LogP contribution in [0.5, 0.6) is 0 Å². The molecule has 9 nitrogen and oxygen atoms in total. The minimum absolute atomic E-state index is 0.135. The average Bonchev–Trinajstić information content (AvgIpc) is 3.25. The first-order valence-corrected chi connectivity index (χ1v) is 9.03. The Morgan fingerprint density at radius 3 is 3.07 bits per heavy atom. The highest BCUT2D eigenvalue weighted by molar-refractivity contribution is 5.94. The third kappa shape index (κ3) is 2.76. The van der Waals surface area contributed by atoms with Gasteiger partial charge < -0.3 is 15.4 Å². The van der Waals surface area contributed by atoms with E-state index in [9.17, 15) is 4.79 Å². The van der Waals surface area contributed by atoms with Crippen molar-refractivity contribution in [1.82, 2.24) is 29.7 Å². The van der Waals surface area contributed by atoms with E-state index in [1.54, 1.807) is 15.3 Å². The summed E-state index contributed by atoms with van der Waals surface area (Å²) in [6.07, 6.45) is 3.44. The van der Waals surface area contributed by atoms with E-state index in [0.717, 1.165) is 28.0 Å². The van der Waals surface area contributed by atoms with Crippen LogP contribution in [-0.4, -0.2) is 42.9 Å². The lowest BCUT2D eigenvalue weighted by Gasteiger charge is -2.16. The van der Waals surface area contributed by atoms with Gasteiger partial charge in [-0.15, -0.1) is 5.10 Å². The van der Waals surface area contributed by atoms with Gasteiger partial charge in [-0.3, -0.25) is 9.20 Å². The Hall–Kier alpha value is -3.46. The first-order valence-electron chi connectivity index (χ1n) is 9.03. The lowest BCUT2D eigenvalue weighted by Crippen LogP contribution is -2.36. The molecule has 0 fully saturated rings. The van der Waals surface area contributed by atoms with E-state index in [0.29, 0.717) is 24.6 Å². The van der Waals surface area contributed by atoms with Crippen molar-refractivity contribution in [2.24, 2.45) is 7.05 Å². The number of amides is 1. The summed E-state index contributed by atoms with van der Waals surface area (Å²) < 4.78 is 9.35. The zero-order valence-electron chi connectivity index (χ0n) is 15.5. The molecular weight excluding hydrogens is 358 g/mol. The fourth-order valence-corrected chi connectivity index (χ4v) is 3.44. The van der Waals surface area contributed by atoms with Crippen LogP contribution in [0.2, 0.25) is 0 Å². The molecule has 3 aromatic heterocycles. The molecule has 0 saturated carbocycles. The third-order valence-corrected chi connectivity index (χ3v) is 4.81. The highest BCUT2D eigenvalue weighted by Crippen LogP contribution is 2.27. The maximum atomic E-state index is 12.6. The lowest BCUT2D eigenvalue weighted by atomic mass is 10.1. The first-order chi connectivity index (χ1) is 13.6. The number of nitrogens with zero attached hydrogens (tertiary/aromatic N) is 5. The molecule has 2 N–H and O–H groups in total. The molecule has 4 heterocycles. The van der Waals surface area contributed by atoms with Gasteiger partial charge in [-0.1, -0.05) is 5.21 Å². The van der Waals surface area contributed by atoms with E-state index in [-0.39, 0.29) is 11.9 Å².